The van der Waals surface area contributed by atoms with Crippen LogP contribution in [0, 0.1) is 6.92 Å². The SMILES string of the molecule is CC/C=C/C/C=C/CCCCCCCCc1cc(O)c(C)c(O)c1. The summed E-state index contributed by atoms with van der Waals surface area (Å²) in [6.07, 6.45) is 20.8. The Hall–Kier alpha value is -1.70. The summed E-state index contributed by atoms with van der Waals surface area (Å²) in [6.45, 7) is 3.89. The molecule has 0 fully saturated rings. The third-order valence-electron chi connectivity index (χ3n) is 4.34. The number of hydrogen-bond donors (Lipinski definition) is 2. The highest BCUT2D eigenvalue weighted by Crippen LogP contribution is 2.28. The van der Waals surface area contributed by atoms with Gasteiger partial charge in [-0.2, -0.15) is 0 Å². The Bertz CT molecular complexity index is 492. The zero-order valence-corrected chi connectivity index (χ0v) is 15.4. The number of phenols is 2. The first kappa shape index (κ1) is 20.3. The standard InChI is InChI=1S/C22H34O2/c1-3-4-5-6-7-8-9-10-11-12-13-14-15-16-20-17-21(23)19(2)22(24)18-20/h4-5,7-8,17-18,23-24H,3,6,9-16H2,1-2H3/b5-4+,8-7+. The largest absolute Gasteiger partial charge is 0.508 e. The van der Waals surface area contributed by atoms with Crippen LogP contribution in [-0.2, 0) is 6.42 Å². The van der Waals surface area contributed by atoms with E-state index in [-0.39, 0.29) is 11.5 Å². The number of rotatable bonds is 12. The van der Waals surface area contributed by atoms with Gasteiger partial charge in [0.25, 0.3) is 0 Å². The van der Waals surface area contributed by atoms with Gasteiger partial charge in [0.05, 0.1) is 0 Å². The Morgan fingerprint density at radius 2 is 1.38 bits per heavy atom. The van der Waals surface area contributed by atoms with Crippen LogP contribution in [0.15, 0.2) is 36.4 Å². The molecule has 0 bridgehead atoms. The molecule has 0 aromatic heterocycles. The number of aryl methyl sites for hydroxylation is 1. The Labute approximate surface area is 147 Å². The van der Waals surface area contributed by atoms with Gasteiger partial charge in [0, 0.05) is 5.56 Å². The molecule has 2 heteroatoms. The molecule has 0 saturated heterocycles. The van der Waals surface area contributed by atoms with Crippen molar-refractivity contribution in [2.45, 2.75) is 78.1 Å². The molecule has 1 aromatic carbocycles. The van der Waals surface area contributed by atoms with E-state index in [1.165, 1.54) is 38.5 Å². The van der Waals surface area contributed by atoms with Crippen LogP contribution in [0.1, 0.15) is 75.8 Å². The number of hydrogen-bond acceptors (Lipinski definition) is 2. The third-order valence-corrected chi connectivity index (χ3v) is 4.34. The van der Waals surface area contributed by atoms with Gasteiger partial charge in [0.2, 0.25) is 0 Å². The first-order valence-electron chi connectivity index (χ1n) is 9.46. The van der Waals surface area contributed by atoms with Crippen molar-refractivity contribution in [3.05, 3.63) is 47.6 Å². The lowest BCUT2D eigenvalue weighted by Gasteiger charge is -2.07. The molecule has 0 atom stereocenters. The molecule has 1 aromatic rings. The van der Waals surface area contributed by atoms with Gasteiger partial charge in [-0.05, 0) is 63.1 Å². The quantitative estimate of drug-likeness (QED) is 0.335. The molecule has 2 nitrogen and oxygen atoms in total. The molecule has 0 spiro atoms. The summed E-state index contributed by atoms with van der Waals surface area (Å²) in [5.74, 6) is 0.395. The monoisotopic (exact) mass is 330 g/mol. The maximum atomic E-state index is 9.72. The molecule has 0 aliphatic heterocycles. The van der Waals surface area contributed by atoms with Gasteiger partial charge in [-0.25, -0.2) is 0 Å². The van der Waals surface area contributed by atoms with Crippen LogP contribution in [0.2, 0.25) is 0 Å². The van der Waals surface area contributed by atoms with E-state index in [4.69, 9.17) is 0 Å². The van der Waals surface area contributed by atoms with E-state index in [1.54, 1.807) is 19.1 Å². The van der Waals surface area contributed by atoms with Gasteiger partial charge in [-0.15, -0.1) is 0 Å². The average Bonchev–Trinajstić information content (AvgIpc) is 2.56. The van der Waals surface area contributed by atoms with Crippen LogP contribution in [0.25, 0.3) is 0 Å². The number of aromatic hydroxyl groups is 2. The molecule has 0 amide bonds. The molecule has 0 radical (unpaired) electrons. The van der Waals surface area contributed by atoms with E-state index < -0.39 is 0 Å². The van der Waals surface area contributed by atoms with Crippen LogP contribution in [-0.4, -0.2) is 10.2 Å². The second-order valence-electron chi connectivity index (χ2n) is 6.51. The summed E-state index contributed by atoms with van der Waals surface area (Å²) in [5, 5.41) is 19.4. The molecule has 0 heterocycles. The minimum Gasteiger partial charge on any atom is -0.508 e. The van der Waals surface area contributed by atoms with Crippen LogP contribution in [0.4, 0.5) is 0 Å². The Morgan fingerprint density at radius 1 is 0.792 bits per heavy atom. The van der Waals surface area contributed by atoms with E-state index in [1.807, 2.05) is 0 Å². The predicted molar refractivity (Wildman–Crippen MR) is 104 cm³/mol. The van der Waals surface area contributed by atoms with E-state index in [2.05, 4.69) is 31.2 Å². The van der Waals surface area contributed by atoms with Gasteiger partial charge in [0.15, 0.2) is 0 Å². The summed E-state index contributed by atoms with van der Waals surface area (Å²) >= 11 is 0. The summed E-state index contributed by atoms with van der Waals surface area (Å²) in [5.41, 5.74) is 1.59. The van der Waals surface area contributed by atoms with Gasteiger partial charge in [0.1, 0.15) is 11.5 Å². The van der Waals surface area contributed by atoms with Gasteiger partial charge >= 0.3 is 0 Å². The van der Waals surface area contributed by atoms with E-state index in [9.17, 15) is 10.2 Å². The molecule has 1 rings (SSSR count). The van der Waals surface area contributed by atoms with Crippen molar-refractivity contribution in [1.82, 2.24) is 0 Å². The van der Waals surface area contributed by atoms with Crippen LogP contribution in [0.3, 0.4) is 0 Å². The first-order chi connectivity index (χ1) is 11.6. The van der Waals surface area contributed by atoms with Crippen molar-refractivity contribution < 1.29 is 10.2 Å². The fourth-order valence-corrected chi connectivity index (χ4v) is 2.74. The van der Waals surface area contributed by atoms with Crippen molar-refractivity contribution >= 4 is 0 Å². The molecule has 0 unspecified atom stereocenters. The zero-order chi connectivity index (χ0) is 17.6. The first-order valence-corrected chi connectivity index (χ1v) is 9.46. The lowest BCUT2D eigenvalue weighted by molar-refractivity contribution is 0.441. The Morgan fingerprint density at radius 3 is 2.04 bits per heavy atom. The van der Waals surface area contributed by atoms with Gasteiger partial charge in [-0.3, -0.25) is 0 Å². The second kappa shape index (κ2) is 12.7. The predicted octanol–water partition coefficient (Wildman–Crippen LogP) is 6.59. The maximum absolute atomic E-state index is 9.72. The van der Waals surface area contributed by atoms with Crippen LogP contribution < -0.4 is 0 Å². The fourth-order valence-electron chi connectivity index (χ4n) is 2.74. The summed E-state index contributed by atoms with van der Waals surface area (Å²) in [7, 11) is 0. The topological polar surface area (TPSA) is 40.5 Å². The molecular weight excluding hydrogens is 296 g/mol. The van der Waals surface area contributed by atoms with E-state index in [0.717, 1.165) is 31.2 Å². The molecule has 134 valence electrons. The molecular formula is C22H34O2. The molecule has 2 N–H and O–H groups in total. The van der Waals surface area contributed by atoms with Gasteiger partial charge < -0.3 is 10.2 Å². The molecule has 24 heavy (non-hydrogen) atoms. The number of phenolic OH excluding ortho intramolecular Hbond substituents is 2. The lowest BCUT2D eigenvalue weighted by Crippen LogP contribution is -1.88. The van der Waals surface area contributed by atoms with E-state index >= 15 is 0 Å². The summed E-state index contributed by atoms with van der Waals surface area (Å²) < 4.78 is 0. The summed E-state index contributed by atoms with van der Waals surface area (Å²) in [4.78, 5) is 0. The number of unbranched alkanes of at least 4 members (excludes halogenated alkanes) is 6. The maximum Gasteiger partial charge on any atom is 0.122 e. The Kier molecular flexibility index (Phi) is 10.8. The minimum absolute atomic E-state index is 0.197. The van der Waals surface area contributed by atoms with Crippen molar-refractivity contribution in [3.63, 3.8) is 0 Å². The van der Waals surface area contributed by atoms with Crippen molar-refractivity contribution in [1.29, 1.82) is 0 Å². The normalized spacial score (nSPS) is 11.8. The third kappa shape index (κ3) is 8.81. The number of benzene rings is 1. The highest BCUT2D eigenvalue weighted by Gasteiger charge is 2.05. The highest BCUT2D eigenvalue weighted by molar-refractivity contribution is 5.45. The lowest BCUT2D eigenvalue weighted by atomic mass is 10.0. The average molecular weight is 331 g/mol. The Balaban J connectivity index is 2.00. The zero-order valence-electron chi connectivity index (χ0n) is 15.4. The molecule has 0 aliphatic carbocycles. The molecule has 0 aliphatic rings. The molecule has 0 saturated carbocycles. The van der Waals surface area contributed by atoms with Crippen LogP contribution in [0.5, 0.6) is 11.5 Å². The smallest absolute Gasteiger partial charge is 0.122 e. The minimum atomic E-state index is 0.197. The van der Waals surface area contributed by atoms with E-state index in [0.29, 0.717) is 5.56 Å². The van der Waals surface area contributed by atoms with Crippen molar-refractivity contribution in [3.8, 4) is 11.5 Å². The second-order valence-corrected chi connectivity index (χ2v) is 6.51. The van der Waals surface area contributed by atoms with Crippen molar-refractivity contribution in [2.75, 3.05) is 0 Å². The highest BCUT2D eigenvalue weighted by atomic mass is 16.3. The summed E-state index contributed by atoms with van der Waals surface area (Å²) in [6, 6.07) is 3.55. The van der Waals surface area contributed by atoms with Crippen LogP contribution >= 0.6 is 0 Å². The van der Waals surface area contributed by atoms with Crippen molar-refractivity contribution in [2.24, 2.45) is 0 Å². The number of allylic oxidation sites excluding steroid dienone is 4. The fraction of sp³-hybridized carbons (Fsp3) is 0.545. The van der Waals surface area contributed by atoms with Gasteiger partial charge in [-0.1, -0.05) is 56.9 Å².